The van der Waals surface area contributed by atoms with E-state index < -0.39 is 0 Å². The second-order valence-corrected chi connectivity index (χ2v) is 8.63. The van der Waals surface area contributed by atoms with Gasteiger partial charge in [-0.3, -0.25) is 0 Å². The molecule has 0 spiro atoms. The molecule has 2 heteroatoms. The minimum Gasteiger partial charge on any atom is -0.361 e. The van der Waals surface area contributed by atoms with E-state index in [0.717, 1.165) is 6.42 Å². The molecule has 1 aliphatic rings. The molecule has 1 aliphatic carbocycles. The third-order valence-corrected chi connectivity index (χ3v) is 6.14. The fourth-order valence-electron chi connectivity index (χ4n) is 4.75. The van der Waals surface area contributed by atoms with Gasteiger partial charge >= 0.3 is 0 Å². The molecule has 2 N–H and O–H groups in total. The fraction of sp³-hybridized carbons (Fsp3) is 0.231. The van der Waals surface area contributed by atoms with Gasteiger partial charge in [0.1, 0.15) is 0 Å². The van der Waals surface area contributed by atoms with E-state index in [1.807, 2.05) is 12.4 Å². The third kappa shape index (κ3) is 2.80. The molecule has 0 saturated heterocycles. The van der Waals surface area contributed by atoms with E-state index in [-0.39, 0.29) is 5.41 Å². The minimum atomic E-state index is 0.0299. The highest BCUT2D eigenvalue weighted by atomic mass is 14.7. The van der Waals surface area contributed by atoms with Crippen molar-refractivity contribution in [1.29, 1.82) is 0 Å². The maximum atomic E-state index is 3.38. The van der Waals surface area contributed by atoms with Crippen molar-refractivity contribution in [3.8, 4) is 0 Å². The van der Waals surface area contributed by atoms with Gasteiger partial charge in [0.2, 0.25) is 0 Å². The monoisotopic (exact) mass is 366 g/mol. The van der Waals surface area contributed by atoms with Crippen LogP contribution in [-0.4, -0.2) is 9.97 Å². The van der Waals surface area contributed by atoms with Crippen molar-refractivity contribution in [3.63, 3.8) is 0 Å². The Morgan fingerprint density at radius 2 is 1.71 bits per heavy atom. The molecule has 5 rings (SSSR count). The number of hydrogen-bond acceptors (Lipinski definition) is 0. The number of aromatic amines is 2. The van der Waals surface area contributed by atoms with E-state index in [9.17, 15) is 0 Å². The average molecular weight is 367 g/mol. The van der Waals surface area contributed by atoms with Crippen LogP contribution < -0.4 is 0 Å². The van der Waals surface area contributed by atoms with E-state index in [4.69, 9.17) is 0 Å². The van der Waals surface area contributed by atoms with Crippen molar-refractivity contribution in [1.82, 2.24) is 9.97 Å². The SMILES string of the molecule is CC(C)=C[C@H]1C[C@](C)(/C=C/c2ccc3cc[nH]c3c2)c2cc3cc[nH]c3cc21. The summed E-state index contributed by atoms with van der Waals surface area (Å²) >= 11 is 0. The molecule has 0 fully saturated rings. The van der Waals surface area contributed by atoms with Crippen LogP contribution in [0.15, 0.2) is 72.6 Å². The van der Waals surface area contributed by atoms with Crippen LogP contribution in [0.2, 0.25) is 0 Å². The van der Waals surface area contributed by atoms with Crippen molar-refractivity contribution in [2.45, 2.75) is 38.5 Å². The van der Waals surface area contributed by atoms with Crippen LogP contribution in [0.3, 0.4) is 0 Å². The second-order valence-electron chi connectivity index (χ2n) is 8.63. The van der Waals surface area contributed by atoms with Gasteiger partial charge in [-0.05, 0) is 78.1 Å². The zero-order valence-electron chi connectivity index (χ0n) is 16.7. The zero-order chi connectivity index (χ0) is 19.3. The van der Waals surface area contributed by atoms with Gasteiger partial charge < -0.3 is 9.97 Å². The van der Waals surface area contributed by atoms with E-state index >= 15 is 0 Å². The van der Waals surface area contributed by atoms with Gasteiger partial charge in [0.05, 0.1) is 0 Å². The molecule has 2 heterocycles. The molecule has 0 saturated carbocycles. The first-order valence-electron chi connectivity index (χ1n) is 10.0. The number of fused-ring (bicyclic) bond motifs is 3. The summed E-state index contributed by atoms with van der Waals surface area (Å²) in [5, 5.41) is 2.55. The largest absolute Gasteiger partial charge is 0.361 e. The van der Waals surface area contributed by atoms with E-state index in [1.54, 1.807) is 0 Å². The third-order valence-electron chi connectivity index (χ3n) is 6.14. The molecule has 2 aromatic heterocycles. The molecular weight excluding hydrogens is 340 g/mol. The Balaban J connectivity index is 1.59. The summed E-state index contributed by atoms with van der Waals surface area (Å²) in [5.74, 6) is 0.466. The number of rotatable bonds is 3. The van der Waals surface area contributed by atoms with Crippen LogP contribution in [0, 0.1) is 0 Å². The van der Waals surface area contributed by atoms with Crippen LogP contribution in [0.25, 0.3) is 27.9 Å². The molecule has 0 aliphatic heterocycles. The standard InChI is InChI=1S/C26H26N2/c1-17(2)12-21-16-26(3,23-14-20-8-11-28-25(20)15-22(21)23)9-6-18-4-5-19-7-10-27-24(19)13-18/h4-15,21,27-28H,16H2,1-3H3/b9-6+/t21-,26-/m0/s1. The summed E-state index contributed by atoms with van der Waals surface area (Å²) in [5.41, 5.74) is 8.00. The van der Waals surface area contributed by atoms with Crippen molar-refractivity contribution < 1.29 is 0 Å². The van der Waals surface area contributed by atoms with Gasteiger partial charge in [-0.15, -0.1) is 0 Å². The normalized spacial score (nSPS) is 21.6. The molecule has 2 nitrogen and oxygen atoms in total. The van der Waals surface area contributed by atoms with Gasteiger partial charge in [-0.2, -0.15) is 0 Å². The van der Waals surface area contributed by atoms with Crippen LogP contribution >= 0.6 is 0 Å². The quantitative estimate of drug-likeness (QED) is 0.363. The van der Waals surface area contributed by atoms with Gasteiger partial charge in [0, 0.05) is 34.8 Å². The maximum Gasteiger partial charge on any atom is 0.0459 e. The lowest BCUT2D eigenvalue weighted by molar-refractivity contribution is 0.566. The van der Waals surface area contributed by atoms with Crippen LogP contribution in [0.5, 0.6) is 0 Å². The molecule has 4 aromatic rings. The van der Waals surface area contributed by atoms with Crippen molar-refractivity contribution >= 4 is 27.9 Å². The molecule has 0 radical (unpaired) electrons. The first kappa shape index (κ1) is 17.1. The predicted octanol–water partition coefficient (Wildman–Crippen LogP) is 7.07. The molecular formula is C26H26N2. The summed E-state index contributed by atoms with van der Waals surface area (Å²) in [4.78, 5) is 6.69. The lowest BCUT2D eigenvalue weighted by atomic mass is 9.82. The number of aromatic nitrogens is 2. The molecule has 2 atom stereocenters. The number of benzene rings is 2. The van der Waals surface area contributed by atoms with Gasteiger partial charge in [-0.25, -0.2) is 0 Å². The van der Waals surface area contributed by atoms with E-state index in [1.165, 1.54) is 44.1 Å². The van der Waals surface area contributed by atoms with Crippen molar-refractivity contribution in [3.05, 3.63) is 89.3 Å². The second kappa shape index (κ2) is 6.27. The van der Waals surface area contributed by atoms with Gasteiger partial charge in [0.25, 0.3) is 0 Å². The molecule has 28 heavy (non-hydrogen) atoms. The van der Waals surface area contributed by atoms with Gasteiger partial charge in [0.15, 0.2) is 0 Å². The summed E-state index contributed by atoms with van der Waals surface area (Å²) in [6.07, 6.45) is 12.3. The molecule has 2 aromatic carbocycles. The first-order chi connectivity index (χ1) is 13.5. The Morgan fingerprint density at radius 1 is 0.964 bits per heavy atom. The highest BCUT2D eigenvalue weighted by molar-refractivity contribution is 5.83. The Bertz CT molecular complexity index is 1230. The maximum absolute atomic E-state index is 3.38. The summed E-state index contributed by atoms with van der Waals surface area (Å²) in [6.45, 7) is 6.78. The number of H-pyrrole nitrogens is 2. The lowest BCUT2D eigenvalue weighted by Gasteiger charge is -2.21. The summed E-state index contributed by atoms with van der Waals surface area (Å²) < 4.78 is 0. The van der Waals surface area contributed by atoms with Crippen LogP contribution in [-0.2, 0) is 5.41 Å². The van der Waals surface area contributed by atoms with E-state index in [0.29, 0.717) is 5.92 Å². The summed E-state index contributed by atoms with van der Waals surface area (Å²) in [7, 11) is 0. The highest BCUT2D eigenvalue weighted by Crippen LogP contribution is 2.49. The minimum absolute atomic E-state index is 0.0299. The smallest absolute Gasteiger partial charge is 0.0459 e. The topological polar surface area (TPSA) is 31.6 Å². The first-order valence-corrected chi connectivity index (χ1v) is 10.0. The Hall–Kier alpha value is -3.00. The Morgan fingerprint density at radius 3 is 2.50 bits per heavy atom. The fourth-order valence-corrected chi connectivity index (χ4v) is 4.75. The number of nitrogens with one attached hydrogen (secondary N) is 2. The molecule has 0 unspecified atom stereocenters. The van der Waals surface area contributed by atoms with Crippen LogP contribution in [0.4, 0.5) is 0 Å². The van der Waals surface area contributed by atoms with E-state index in [2.05, 4.69) is 91.4 Å². The van der Waals surface area contributed by atoms with Crippen LogP contribution in [0.1, 0.15) is 49.8 Å². The number of hydrogen-bond donors (Lipinski definition) is 2. The Kier molecular flexibility index (Phi) is 3.83. The predicted molar refractivity (Wildman–Crippen MR) is 120 cm³/mol. The Labute approximate surface area is 166 Å². The molecule has 0 bridgehead atoms. The summed E-state index contributed by atoms with van der Waals surface area (Å²) in [6, 6.07) is 15.7. The zero-order valence-corrected chi connectivity index (χ0v) is 16.7. The average Bonchev–Trinajstić information content (AvgIpc) is 3.37. The molecule has 0 amide bonds. The van der Waals surface area contributed by atoms with Gasteiger partial charge in [-0.1, -0.05) is 42.9 Å². The lowest BCUT2D eigenvalue weighted by Crippen LogP contribution is -2.14. The van der Waals surface area contributed by atoms with Crippen molar-refractivity contribution in [2.24, 2.45) is 0 Å². The highest BCUT2D eigenvalue weighted by Gasteiger charge is 2.37. The molecule has 140 valence electrons. The van der Waals surface area contributed by atoms with Crippen molar-refractivity contribution in [2.75, 3.05) is 0 Å². The number of allylic oxidation sites excluding steroid dienone is 3.